The molecule has 0 fully saturated rings. The van der Waals surface area contributed by atoms with Crippen LogP contribution < -0.4 is 0 Å². The maximum Gasteiger partial charge on any atom is 0.416 e. The van der Waals surface area contributed by atoms with Crippen LogP contribution in [0.1, 0.15) is 36.5 Å². The van der Waals surface area contributed by atoms with Crippen molar-refractivity contribution in [2.24, 2.45) is 0 Å². The van der Waals surface area contributed by atoms with Gasteiger partial charge in [0.15, 0.2) is 5.83 Å². The highest BCUT2D eigenvalue weighted by molar-refractivity contribution is 6.00. The van der Waals surface area contributed by atoms with Crippen molar-refractivity contribution in [2.75, 3.05) is 20.7 Å². The van der Waals surface area contributed by atoms with Gasteiger partial charge in [-0.05, 0) is 37.5 Å². The highest BCUT2D eigenvalue weighted by atomic mass is 19.4. The second-order valence-electron chi connectivity index (χ2n) is 9.02. The van der Waals surface area contributed by atoms with Crippen molar-refractivity contribution in [2.45, 2.75) is 38.9 Å². The van der Waals surface area contributed by atoms with Gasteiger partial charge in [0.05, 0.1) is 24.8 Å². The van der Waals surface area contributed by atoms with E-state index in [1.54, 1.807) is 0 Å². The maximum absolute atomic E-state index is 15.4. The molecular weight excluding hydrogens is 519 g/mol. The molecule has 1 aliphatic rings. The molecule has 10 heteroatoms. The third kappa shape index (κ3) is 6.93. The highest BCUT2D eigenvalue weighted by Crippen LogP contribution is 2.36. The van der Waals surface area contributed by atoms with Crippen molar-refractivity contribution >= 4 is 12.3 Å². The molecule has 0 saturated heterocycles. The van der Waals surface area contributed by atoms with Crippen LogP contribution >= 0.6 is 0 Å². The van der Waals surface area contributed by atoms with Crippen LogP contribution in [0.5, 0.6) is 0 Å². The monoisotopic (exact) mass is 548 g/mol. The second-order valence-corrected chi connectivity index (χ2v) is 9.02. The number of alkyl halides is 3. The van der Waals surface area contributed by atoms with Gasteiger partial charge in [-0.25, -0.2) is 8.78 Å². The molecule has 0 N–H and O–H groups in total. The van der Waals surface area contributed by atoms with Gasteiger partial charge < -0.3 is 14.5 Å². The Hall–Kier alpha value is -3.95. The molecule has 2 aromatic rings. The van der Waals surface area contributed by atoms with Crippen LogP contribution in [0.2, 0.25) is 0 Å². The van der Waals surface area contributed by atoms with Gasteiger partial charge in [0.25, 0.3) is 5.91 Å². The lowest BCUT2D eigenvalue weighted by Crippen LogP contribution is -2.34. The zero-order valence-corrected chi connectivity index (χ0v) is 21.8. The first kappa shape index (κ1) is 29.6. The van der Waals surface area contributed by atoms with Crippen LogP contribution in [0.25, 0.3) is 0 Å². The van der Waals surface area contributed by atoms with Crippen molar-refractivity contribution in [1.29, 1.82) is 0 Å². The zero-order valence-electron chi connectivity index (χ0n) is 21.8. The van der Waals surface area contributed by atoms with Crippen LogP contribution in [-0.2, 0) is 33.5 Å². The fourth-order valence-electron chi connectivity index (χ4n) is 4.33. The average Bonchev–Trinajstić information content (AvgIpc) is 2.91. The van der Waals surface area contributed by atoms with Gasteiger partial charge in [0, 0.05) is 36.8 Å². The Balaban J connectivity index is 2.07. The van der Waals surface area contributed by atoms with Crippen LogP contribution in [0, 0.1) is 5.82 Å². The van der Waals surface area contributed by atoms with Crippen LogP contribution in [-0.4, -0.2) is 42.8 Å². The SMILES string of the molecule is COC1=C(F)C(/C(C(=O)N(C)CCc2ccccc2)=C(\C)N(C=O)Cc2c(F)cccc2C(F)(F)F)=CCC1. The number of nitrogens with zero attached hydrogens (tertiary/aromatic N) is 2. The Kier molecular flexibility index (Phi) is 9.66. The summed E-state index contributed by atoms with van der Waals surface area (Å²) in [5.41, 5.74) is -1.56. The fourth-order valence-corrected chi connectivity index (χ4v) is 4.33. The Bertz CT molecular complexity index is 1300. The number of ether oxygens (including phenoxy) is 1. The molecule has 0 aromatic heterocycles. The molecule has 0 heterocycles. The summed E-state index contributed by atoms with van der Waals surface area (Å²) in [5.74, 6) is -2.63. The number of carbonyl (C=O) groups excluding carboxylic acids is 2. The summed E-state index contributed by atoms with van der Waals surface area (Å²) in [6, 6.07) is 11.8. The lowest BCUT2D eigenvalue weighted by atomic mass is 9.94. The molecule has 208 valence electrons. The van der Waals surface area contributed by atoms with Gasteiger partial charge in [-0.15, -0.1) is 0 Å². The first-order valence-corrected chi connectivity index (χ1v) is 12.2. The van der Waals surface area contributed by atoms with E-state index in [1.807, 2.05) is 30.3 Å². The summed E-state index contributed by atoms with van der Waals surface area (Å²) in [5, 5.41) is 0. The molecule has 39 heavy (non-hydrogen) atoms. The predicted octanol–water partition coefficient (Wildman–Crippen LogP) is 6.33. The first-order chi connectivity index (χ1) is 18.5. The van der Waals surface area contributed by atoms with Crippen molar-refractivity contribution < 1.29 is 36.3 Å². The van der Waals surface area contributed by atoms with E-state index in [0.29, 0.717) is 18.9 Å². The molecule has 0 atom stereocenters. The zero-order chi connectivity index (χ0) is 28.7. The number of rotatable bonds is 10. The minimum absolute atomic E-state index is 0.00338. The molecule has 0 aliphatic heterocycles. The summed E-state index contributed by atoms with van der Waals surface area (Å²) in [7, 11) is 2.79. The molecular formula is C29H29F5N2O3. The van der Waals surface area contributed by atoms with Gasteiger partial charge in [-0.1, -0.05) is 42.5 Å². The molecule has 0 spiro atoms. The van der Waals surface area contributed by atoms with Gasteiger partial charge in [-0.2, -0.15) is 13.2 Å². The van der Waals surface area contributed by atoms with E-state index in [9.17, 15) is 27.2 Å². The quantitative estimate of drug-likeness (QED) is 0.198. The third-order valence-electron chi connectivity index (χ3n) is 6.53. The van der Waals surface area contributed by atoms with E-state index >= 15 is 4.39 Å². The van der Waals surface area contributed by atoms with E-state index in [2.05, 4.69) is 0 Å². The number of methoxy groups -OCH3 is 1. The van der Waals surface area contributed by atoms with Gasteiger partial charge in [0.2, 0.25) is 6.41 Å². The van der Waals surface area contributed by atoms with E-state index in [4.69, 9.17) is 4.74 Å². The highest BCUT2D eigenvalue weighted by Gasteiger charge is 2.36. The summed E-state index contributed by atoms with van der Waals surface area (Å²) >= 11 is 0. The topological polar surface area (TPSA) is 49.9 Å². The van der Waals surface area contributed by atoms with E-state index in [1.165, 1.54) is 32.1 Å². The Morgan fingerprint density at radius 1 is 1.08 bits per heavy atom. The number of benzene rings is 2. The molecule has 2 amide bonds. The number of hydrogen-bond donors (Lipinski definition) is 0. The van der Waals surface area contributed by atoms with Gasteiger partial charge in [0.1, 0.15) is 11.6 Å². The number of carbonyl (C=O) groups is 2. The molecule has 3 rings (SSSR count). The number of hydrogen-bond acceptors (Lipinski definition) is 3. The van der Waals surface area contributed by atoms with Crippen molar-refractivity contribution in [1.82, 2.24) is 9.80 Å². The first-order valence-electron chi connectivity index (χ1n) is 12.2. The van der Waals surface area contributed by atoms with Crippen molar-refractivity contribution in [3.63, 3.8) is 0 Å². The Morgan fingerprint density at radius 3 is 2.38 bits per heavy atom. The number of allylic oxidation sites excluding steroid dienone is 4. The Labute approximate surface area is 223 Å². The normalized spacial score (nSPS) is 14.4. The molecule has 0 unspecified atom stereocenters. The van der Waals surface area contributed by atoms with Crippen LogP contribution in [0.15, 0.2) is 83.0 Å². The third-order valence-corrected chi connectivity index (χ3v) is 6.53. The van der Waals surface area contributed by atoms with Gasteiger partial charge >= 0.3 is 6.18 Å². The average molecular weight is 549 g/mol. The smallest absolute Gasteiger partial charge is 0.416 e. The molecule has 0 bridgehead atoms. The number of halogens is 5. The Morgan fingerprint density at radius 2 is 1.77 bits per heavy atom. The van der Waals surface area contributed by atoms with Crippen molar-refractivity contribution in [3.8, 4) is 0 Å². The van der Waals surface area contributed by atoms with Gasteiger partial charge in [-0.3, -0.25) is 9.59 Å². The summed E-state index contributed by atoms with van der Waals surface area (Å²) in [6.45, 7) is 0.731. The lowest BCUT2D eigenvalue weighted by Gasteiger charge is -2.28. The predicted molar refractivity (Wildman–Crippen MR) is 136 cm³/mol. The van der Waals surface area contributed by atoms with Crippen LogP contribution in [0.3, 0.4) is 0 Å². The molecule has 5 nitrogen and oxygen atoms in total. The minimum atomic E-state index is -4.88. The summed E-state index contributed by atoms with van der Waals surface area (Å²) in [4.78, 5) is 28.0. The second kappa shape index (κ2) is 12.7. The minimum Gasteiger partial charge on any atom is -0.498 e. The fraction of sp³-hybridized carbons (Fsp3) is 0.310. The standard InChI is InChI=1S/C29H29F5N2O3/c1-19(36(18-37)17-22-23(29(32,33)34)12-8-13-24(22)30)26(21-11-7-14-25(39-3)27(21)31)28(38)35(2)16-15-20-9-5-4-6-10-20/h4-6,8-13,18H,7,14-17H2,1-3H3/b26-19-. The van der Waals surface area contributed by atoms with E-state index in [-0.39, 0.29) is 42.0 Å². The molecule has 0 saturated carbocycles. The molecule has 2 aromatic carbocycles. The molecule has 1 aliphatic carbocycles. The van der Waals surface area contributed by atoms with Crippen molar-refractivity contribution in [3.05, 3.63) is 106 Å². The van der Waals surface area contributed by atoms with E-state index < -0.39 is 41.4 Å². The summed E-state index contributed by atoms with van der Waals surface area (Å²) < 4.78 is 75.9. The number of amides is 2. The van der Waals surface area contributed by atoms with E-state index in [0.717, 1.165) is 22.6 Å². The van der Waals surface area contributed by atoms with Crippen LogP contribution in [0.4, 0.5) is 22.0 Å². The summed E-state index contributed by atoms with van der Waals surface area (Å²) in [6.07, 6.45) is -2.14. The lowest BCUT2D eigenvalue weighted by molar-refractivity contribution is -0.139. The maximum atomic E-state index is 15.4. The molecule has 0 radical (unpaired) electrons. The largest absolute Gasteiger partial charge is 0.498 e. The number of likely N-dealkylation sites (N-methyl/N-ethyl adjacent to an activating group) is 1.